The van der Waals surface area contributed by atoms with Gasteiger partial charge in [-0.1, -0.05) is 0 Å². The normalized spacial score (nSPS) is 33.0. The molecule has 4 nitrogen and oxygen atoms in total. The Morgan fingerprint density at radius 2 is 2.32 bits per heavy atom. The van der Waals surface area contributed by atoms with E-state index in [0.29, 0.717) is 18.4 Å². The lowest BCUT2D eigenvalue weighted by atomic mass is 9.67. The molecule has 1 aromatic rings. The number of rotatable bonds is 4. The second kappa shape index (κ2) is 5.95. The fourth-order valence-corrected chi connectivity index (χ4v) is 5.47. The van der Waals surface area contributed by atoms with Crippen molar-refractivity contribution in [3.63, 3.8) is 0 Å². The Hall–Kier alpha value is -0.910. The topological polar surface area (TPSA) is 47.6 Å². The number of thiophene rings is 1. The van der Waals surface area contributed by atoms with E-state index in [2.05, 4.69) is 10.7 Å². The second-order valence-corrected chi connectivity index (χ2v) is 7.63. The minimum absolute atomic E-state index is 0.107. The van der Waals surface area contributed by atoms with E-state index in [1.54, 1.807) is 18.4 Å². The van der Waals surface area contributed by atoms with Gasteiger partial charge in [0, 0.05) is 41.9 Å². The highest BCUT2D eigenvalue weighted by Gasteiger charge is 2.54. The molecule has 5 heteroatoms. The summed E-state index contributed by atoms with van der Waals surface area (Å²) in [6.07, 6.45) is 6.00. The Morgan fingerprint density at radius 3 is 3.18 bits per heavy atom. The van der Waals surface area contributed by atoms with Crippen molar-refractivity contribution < 1.29 is 14.3 Å². The fourth-order valence-electron chi connectivity index (χ4n) is 4.35. The summed E-state index contributed by atoms with van der Waals surface area (Å²) in [7, 11) is 1.72. The van der Waals surface area contributed by atoms with Crippen LogP contribution in [-0.2, 0) is 22.3 Å². The maximum absolute atomic E-state index is 12.7. The molecule has 0 aromatic carbocycles. The van der Waals surface area contributed by atoms with Gasteiger partial charge >= 0.3 is 0 Å². The molecule has 1 amide bonds. The van der Waals surface area contributed by atoms with Crippen LogP contribution in [0.3, 0.4) is 0 Å². The highest BCUT2D eigenvalue weighted by Crippen LogP contribution is 2.44. The van der Waals surface area contributed by atoms with Crippen LogP contribution in [-0.4, -0.2) is 38.4 Å². The minimum atomic E-state index is 0.107. The van der Waals surface area contributed by atoms with E-state index in [4.69, 9.17) is 9.47 Å². The molecule has 4 atom stereocenters. The van der Waals surface area contributed by atoms with E-state index in [0.717, 1.165) is 31.4 Å². The number of methoxy groups -OCH3 is 1. The number of fused-ring (bicyclic) bond motifs is 2. The first-order valence-electron chi connectivity index (χ1n) is 8.30. The SMILES string of the molecule is COC[C@H]1[C@H](NC(=O)c2csc3c2CCCC3)[C@H]2CCO[C@H]21. The minimum Gasteiger partial charge on any atom is -0.384 e. The summed E-state index contributed by atoms with van der Waals surface area (Å²) in [5, 5.41) is 5.34. The smallest absolute Gasteiger partial charge is 0.252 e. The van der Waals surface area contributed by atoms with Gasteiger partial charge in [0.15, 0.2) is 0 Å². The Labute approximate surface area is 135 Å². The van der Waals surface area contributed by atoms with Gasteiger partial charge in [-0.3, -0.25) is 4.79 Å². The number of ether oxygens (including phenoxy) is 2. The van der Waals surface area contributed by atoms with Gasteiger partial charge in [0.1, 0.15) is 0 Å². The molecule has 0 spiro atoms. The van der Waals surface area contributed by atoms with Crippen molar-refractivity contribution in [2.75, 3.05) is 20.3 Å². The Balaban J connectivity index is 1.48. The third-order valence-corrected chi connectivity index (χ3v) is 6.58. The molecular weight excluding hydrogens is 298 g/mol. The number of nitrogens with one attached hydrogen (secondary N) is 1. The zero-order valence-electron chi connectivity index (χ0n) is 13.0. The summed E-state index contributed by atoms with van der Waals surface area (Å²) in [6, 6.07) is 0.207. The van der Waals surface area contributed by atoms with Crippen LogP contribution in [0.5, 0.6) is 0 Å². The van der Waals surface area contributed by atoms with Gasteiger partial charge < -0.3 is 14.8 Å². The summed E-state index contributed by atoms with van der Waals surface area (Å²) in [5.41, 5.74) is 2.22. The summed E-state index contributed by atoms with van der Waals surface area (Å²) in [5.74, 6) is 0.880. The Morgan fingerprint density at radius 1 is 1.45 bits per heavy atom. The average molecular weight is 321 g/mol. The molecule has 1 N–H and O–H groups in total. The standard InChI is InChI=1S/C17H23NO3S/c1-20-8-12-15(11-6-7-21-16(11)12)18-17(19)13-9-22-14-5-3-2-4-10(13)14/h9,11-12,15-16H,2-8H2,1H3,(H,18,19)/t11-,12+,15-,16-/m1/s1. The highest BCUT2D eigenvalue weighted by molar-refractivity contribution is 7.10. The molecule has 2 fully saturated rings. The van der Waals surface area contributed by atoms with Crippen LogP contribution in [0, 0.1) is 11.8 Å². The van der Waals surface area contributed by atoms with Crippen LogP contribution in [0.4, 0.5) is 0 Å². The zero-order valence-corrected chi connectivity index (χ0v) is 13.8. The summed E-state index contributed by atoms with van der Waals surface area (Å²) in [6.45, 7) is 1.48. The van der Waals surface area contributed by atoms with E-state index < -0.39 is 0 Å². The van der Waals surface area contributed by atoms with Gasteiger partial charge in [-0.15, -0.1) is 11.3 Å². The van der Waals surface area contributed by atoms with Crippen molar-refractivity contribution >= 4 is 17.2 Å². The van der Waals surface area contributed by atoms with Gasteiger partial charge in [-0.05, 0) is 37.7 Å². The molecule has 0 radical (unpaired) electrons. The number of carbonyl (C=O) groups is 1. The molecule has 2 heterocycles. The molecule has 1 aromatic heterocycles. The van der Waals surface area contributed by atoms with Crippen LogP contribution in [0.1, 0.15) is 40.1 Å². The van der Waals surface area contributed by atoms with Crippen LogP contribution in [0.15, 0.2) is 5.38 Å². The van der Waals surface area contributed by atoms with Gasteiger partial charge in [0.2, 0.25) is 0 Å². The molecule has 0 bridgehead atoms. The largest absolute Gasteiger partial charge is 0.384 e. The van der Waals surface area contributed by atoms with Crippen molar-refractivity contribution in [1.29, 1.82) is 0 Å². The lowest BCUT2D eigenvalue weighted by molar-refractivity contribution is -0.0809. The second-order valence-electron chi connectivity index (χ2n) is 6.66. The highest BCUT2D eigenvalue weighted by atomic mass is 32.1. The van der Waals surface area contributed by atoms with Crippen molar-refractivity contribution in [1.82, 2.24) is 5.32 Å². The van der Waals surface area contributed by atoms with Crippen LogP contribution in [0.25, 0.3) is 0 Å². The molecule has 2 aliphatic carbocycles. The van der Waals surface area contributed by atoms with E-state index >= 15 is 0 Å². The number of aryl methyl sites for hydroxylation is 1. The third-order valence-electron chi connectivity index (χ3n) is 5.49. The van der Waals surface area contributed by atoms with E-state index in [9.17, 15) is 4.79 Å². The zero-order chi connectivity index (χ0) is 15.1. The first-order valence-corrected chi connectivity index (χ1v) is 9.18. The molecule has 120 valence electrons. The van der Waals surface area contributed by atoms with Crippen LogP contribution in [0.2, 0.25) is 0 Å². The van der Waals surface area contributed by atoms with Crippen LogP contribution >= 0.6 is 11.3 Å². The molecule has 1 saturated carbocycles. The molecular formula is C17H23NO3S. The van der Waals surface area contributed by atoms with Gasteiger partial charge in [0.25, 0.3) is 5.91 Å². The molecule has 1 saturated heterocycles. The summed E-state index contributed by atoms with van der Waals surface area (Å²) < 4.78 is 11.1. The predicted octanol–water partition coefficient (Wildman–Crippen LogP) is 2.41. The summed E-state index contributed by atoms with van der Waals surface area (Å²) >= 11 is 1.75. The number of hydrogen-bond acceptors (Lipinski definition) is 4. The lowest BCUT2D eigenvalue weighted by Gasteiger charge is -2.47. The van der Waals surface area contributed by atoms with Crippen molar-refractivity contribution in [3.05, 3.63) is 21.4 Å². The monoisotopic (exact) mass is 321 g/mol. The van der Waals surface area contributed by atoms with Crippen molar-refractivity contribution in [3.8, 4) is 0 Å². The molecule has 4 rings (SSSR count). The molecule has 3 aliphatic rings. The molecule has 0 unspecified atom stereocenters. The van der Waals surface area contributed by atoms with Gasteiger partial charge in [-0.2, -0.15) is 0 Å². The molecule has 22 heavy (non-hydrogen) atoms. The van der Waals surface area contributed by atoms with Crippen LogP contribution < -0.4 is 5.32 Å². The number of hydrogen-bond donors (Lipinski definition) is 1. The number of carbonyl (C=O) groups excluding carboxylic acids is 1. The predicted molar refractivity (Wildman–Crippen MR) is 85.4 cm³/mol. The van der Waals surface area contributed by atoms with Crippen molar-refractivity contribution in [2.24, 2.45) is 11.8 Å². The maximum Gasteiger partial charge on any atom is 0.252 e. The van der Waals surface area contributed by atoms with E-state index in [1.807, 2.05) is 0 Å². The Kier molecular flexibility index (Phi) is 3.96. The number of amides is 1. The maximum atomic E-state index is 12.7. The fraction of sp³-hybridized carbons (Fsp3) is 0.706. The average Bonchev–Trinajstić information content (AvgIpc) is 3.15. The summed E-state index contributed by atoms with van der Waals surface area (Å²) in [4.78, 5) is 14.2. The Bertz CT molecular complexity index is 570. The lowest BCUT2D eigenvalue weighted by Crippen LogP contribution is -2.62. The quantitative estimate of drug-likeness (QED) is 0.926. The van der Waals surface area contributed by atoms with Gasteiger partial charge in [0.05, 0.1) is 18.3 Å². The third kappa shape index (κ3) is 2.30. The van der Waals surface area contributed by atoms with E-state index in [1.165, 1.54) is 23.3 Å². The first kappa shape index (κ1) is 14.7. The first-order chi connectivity index (χ1) is 10.8. The van der Waals surface area contributed by atoms with Gasteiger partial charge in [-0.25, -0.2) is 0 Å². The van der Waals surface area contributed by atoms with E-state index in [-0.39, 0.29) is 18.1 Å². The van der Waals surface area contributed by atoms with Crippen molar-refractivity contribution in [2.45, 2.75) is 44.2 Å². The molecule has 1 aliphatic heterocycles.